The monoisotopic (exact) mass is 298 g/mol. The molecule has 112 valence electrons. The first-order chi connectivity index (χ1) is 9.94. The lowest BCUT2D eigenvalue weighted by molar-refractivity contribution is -0.126. The van der Waals surface area contributed by atoms with Gasteiger partial charge in [0.2, 0.25) is 5.91 Å². The van der Waals surface area contributed by atoms with E-state index in [1.54, 1.807) is 47.4 Å². The van der Waals surface area contributed by atoms with Gasteiger partial charge < -0.3 is 10.6 Å². The molecule has 0 aliphatic heterocycles. The van der Waals surface area contributed by atoms with Crippen molar-refractivity contribution in [1.82, 2.24) is 15.1 Å². The number of halogens is 3. The molecule has 2 aromatic rings. The highest BCUT2D eigenvalue weighted by molar-refractivity contribution is 5.92. The molecule has 0 unspecified atom stereocenters. The Hall–Kier alpha value is -2.35. The second-order valence-corrected chi connectivity index (χ2v) is 4.27. The second kappa shape index (κ2) is 6.40. The number of aromatic nitrogens is 2. The zero-order chi connectivity index (χ0) is 15.3. The number of alkyl halides is 3. The van der Waals surface area contributed by atoms with E-state index in [1.165, 1.54) is 0 Å². The molecule has 2 N–H and O–H groups in total. The van der Waals surface area contributed by atoms with Gasteiger partial charge in [0.05, 0.1) is 18.8 Å². The van der Waals surface area contributed by atoms with Gasteiger partial charge in [-0.3, -0.25) is 4.79 Å². The fraction of sp³-hybridized carbons (Fsp3) is 0.231. The lowest BCUT2D eigenvalue weighted by Gasteiger charge is -2.09. The summed E-state index contributed by atoms with van der Waals surface area (Å²) in [4.78, 5) is 11.5. The number of amides is 1. The first kappa shape index (κ1) is 15.0. The largest absolute Gasteiger partial charge is 0.401 e. The van der Waals surface area contributed by atoms with Crippen LogP contribution in [0.5, 0.6) is 0 Å². The Morgan fingerprint density at radius 2 is 2.10 bits per heavy atom. The van der Waals surface area contributed by atoms with Crippen molar-refractivity contribution in [3.63, 3.8) is 0 Å². The Bertz CT molecular complexity index is 596. The SMILES string of the molecule is O=C(CNCC(F)(F)F)Nc1cccc(-n2cccn2)c1. The Balaban J connectivity index is 1.91. The molecule has 2 rings (SSSR count). The molecule has 0 bridgehead atoms. The first-order valence-corrected chi connectivity index (χ1v) is 6.11. The number of carbonyl (C=O) groups excluding carboxylic acids is 1. The van der Waals surface area contributed by atoms with Gasteiger partial charge in [-0.15, -0.1) is 0 Å². The van der Waals surface area contributed by atoms with Crippen LogP contribution in [0.15, 0.2) is 42.7 Å². The Kier molecular flexibility index (Phi) is 4.59. The van der Waals surface area contributed by atoms with Gasteiger partial charge >= 0.3 is 6.18 Å². The molecule has 21 heavy (non-hydrogen) atoms. The van der Waals surface area contributed by atoms with E-state index in [-0.39, 0.29) is 0 Å². The van der Waals surface area contributed by atoms with E-state index in [0.717, 1.165) is 5.69 Å². The van der Waals surface area contributed by atoms with Crippen molar-refractivity contribution in [2.24, 2.45) is 0 Å². The van der Waals surface area contributed by atoms with Crippen LogP contribution in [0.4, 0.5) is 18.9 Å². The van der Waals surface area contributed by atoms with E-state index < -0.39 is 25.2 Å². The van der Waals surface area contributed by atoms with Crippen LogP contribution >= 0.6 is 0 Å². The van der Waals surface area contributed by atoms with Crippen LogP contribution in [0.2, 0.25) is 0 Å². The highest BCUT2D eigenvalue weighted by atomic mass is 19.4. The van der Waals surface area contributed by atoms with E-state index in [1.807, 2.05) is 5.32 Å². The van der Waals surface area contributed by atoms with Gasteiger partial charge in [0, 0.05) is 18.1 Å². The van der Waals surface area contributed by atoms with Crippen LogP contribution in [-0.2, 0) is 4.79 Å². The number of hydrogen-bond donors (Lipinski definition) is 2. The minimum Gasteiger partial charge on any atom is -0.325 e. The quantitative estimate of drug-likeness (QED) is 0.887. The summed E-state index contributed by atoms with van der Waals surface area (Å²) in [7, 11) is 0. The average Bonchev–Trinajstić information content (AvgIpc) is 2.91. The maximum atomic E-state index is 11.9. The molecule has 1 heterocycles. The van der Waals surface area contributed by atoms with Gasteiger partial charge in [-0.1, -0.05) is 6.07 Å². The van der Waals surface area contributed by atoms with Crippen LogP contribution in [0.3, 0.4) is 0 Å². The number of nitrogens with zero attached hydrogens (tertiary/aromatic N) is 2. The van der Waals surface area contributed by atoms with Gasteiger partial charge in [0.25, 0.3) is 0 Å². The molecule has 0 aliphatic carbocycles. The summed E-state index contributed by atoms with van der Waals surface area (Å²) >= 11 is 0. The maximum absolute atomic E-state index is 11.9. The van der Waals surface area contributed by atoms with Crippen LogP contribution in [0.25, 0.3) is 5.69 Å². The van der Waals surface area contributed by atoms with Crippen molar-refractivity contribution in [3.05, 3.63) is 42.7 Å². The molecule has 0 saturated carbocycles. The molecular weight excluding hydrogens is 285 g/mol. The molecule has 1 aromatic carbocycles. The predicted octanol–water partition coefficient (Wildman–Crippen LogP) is 1.96. The van der Waals surface area contributed by atoms with Crippen LogP contribution in [-0.4, -0.2) is 35.0 Å². The number of benzene rings is 1. The van der Waals surface area contributed by atoms with Crippen molar-refractivity contribution >= 4 is 11.6 Å². The zero-order valence-electron chi connectivity index (χ0n) is 10.9. The molecule has 5 nitrogen and oxygen atoms in total. The molecule has 0 atom stereocenters. The summed E-state index contributed by atoms with van der Waals surface area (Å²) < 4.78 is 37.4. The maximum Gasteiger partial charge on any atom is 0.401 e. The molecule has 0 spiro atoms. The minimum absolute atomic E-state index is 0.411. The van der Waals surface area contributed by atoms with Crippen LogP contribution in [0, 0.1) is 0 Å². The van der Waals surface area contributed by atoms with Gasteiger partial charge in [-0.2, -0.15) is 18.3 Å². The number of rotatable bonds is 5. The third-order valence-electron chi connectivity index (χ3n) is 2.51. The summed E-state index contributed by atoms with van der Waals surface area (Å²) in [6.45, 7) is -1.61. The summed E-state index contributed by atoms with van der Waals surface area (Å²) in [5.41, 5.74) is 1.22. The van der Waals surface area contributed by atoms with Crippen molar-refractivity contribution in [2.45, 2.75) is 6.18 Å². The van der Waals surface area contributed by atoms with Crippen molar-refractivity contribution in [1.29, 1.82) is 0 Å². The van der Waals surface area contributed by atoms with Gasteiger partial charge in [-0.25, -0.2) is 4.68 Å². The number of carbonyl (C=O) groups is 1. The van der Waals surface area contributed by atoms with E-state index in [9.17, 15) is 18.0 Å². The molecule has 0 saturated heterocycles. The number of anilines is 1. The summed E-state index contributed by atoms with van der Waals surface area (Å²) in [5, 5.41) is 8.60. The highest BCUT2D eigenvalue weighted by Gasteiger charge is 2.26. The highest BCUT2D eigenvalue weighted by Crippen LogP contribution is 2.14. The minimum atomic E-state index is -4.33. The fourth-order valence-electron chi connectivity index (χ4n) is 1.67. The summed E-state index contributed by atoms with van der Waals surface area (Å²) in [5.74, 6) is -0.545. The van der Waals surface area contributed by atoms with E-state index in [2.05, 4.69) is 10.4 Å². The van der Waals surface area contributed by atoms with E-state index in [0.29, 0.717) is 5.69 Å². The van der Waals surface area contributed by atoms with Crippen LogP contribution < -0.4 is 10.6 Å². The Morgan fingerprint density at radius 1 is 1.29 bits per heavy atom. The molecule has 0 aliphatic rings. The lowest BCUT2D eigenvalue weighted by Crippen LogP contribution is -2.35. The average molecular weight is 298 g/mol. The first-order valence-electron chi connectivity index (χ1n) is 6.11. The topological polar surface area (TPSA) is 59.0 Å². The smallest absolute Gasteiger partial charge is 0.325 e. The summed E-state index contributed by atoms with van der Waals surface area (Å²) in [6, 6.07) is 8.59. The van der Waals surface area contributed by atoms with E-state index >= 15 is 0 Å². The van der Waals surface area contributed by atoms with Gasteiger partial charge in [-0.05, 0) is 24.3 Å². The number of hydrogen-bond acceptors (Lipinski definition) is 3. The molecule has 1 amide bonds. The third kappa shape index (κ3) is 4.92. The Morgan fingerprint density at radius 3 is 2.76 bits per heavy atom. The van der Waals surface area contributed by atoms with Crippen molar-refractivity contribution in [3.8, 4) is 5.69 Å². The third-order valence-corrected chi connectivity index (χ3v) is 2.51. The van der Waals surface area contributed by atoms with Crippen molar-refractivity contribution < 1.29 is 18.0 Å². The molecule has 8 heteroatoms. The standard InChI is InChI=1S/C13H13F3N4O/c14-13(15,16)9-17-8-12(21)19-10-3-1-4-11(7-10)20-6-2-5-18-20/h1-7,17H,8-9H2,(H,19,21). The fourth-order valence-corrected chi connectivity index (χ4v) is 1.67. The van der Waals surface area contributed by atoms with Gasteiger partial charge in [0.1, 0.15) is 0 Å². The Labute approximate surface area is 118 Å². The molecule has 1 aromatic heterocycles. The summed E-state index contributed by atoms with van der Waals surface area (Å²) in [6.07, 6.45) is -0.974. The van der Waals surface area contributed by atoms with Gasteiger partial charge in [0.15, 0.2) is 0 Å². The molecular formula is C13H13F3N4O. The van der Waals surface area contributed by atoms with Crippen molar-refractivity contribution in [2.75, 3.05) is 18.4 Å². The molecule has 0 fully saturated rings. The lowest BCUT2D eigenvalue weighted by atomic mass is 10.2. The second-order valence-electron chi connectivity index (χ2n) is 4.27. The number of nitrogens with one attached hydrogen (secondary N) is 2. The van der Waals surface area contributed by atoms with E-state index in [4.69, 9.17) is 0 Å². The molecule has 0 radical (unpaired) electrons. The van der Waals surface area contributed by atoms with Crippen LogP contribution in [0.1, 0.15) is 0 Å². The zero-order valence-corrected chi connectivity index (χ0v) is 10.9. The normalized spacial score (nSPS) is 11.4. The predicted molar refractivity (Wildman–Crippen MR) is 71.1 cm³/mol.